The third-order valence-electron chi connectivity index (χ3n) is 3.88. The van der Waals surface area contributed by atoms with Crippen molar-refractivity contribution in [2.24, 2.45) is 0 Å². The zero-order valence-corrected chi connectivity index (χ0v) is 14.5. The highest BCUT2D eigenvalue weighted by atomic mass is 32.2. The maximum Gasteiger partial charge on any atom is 0.270 e. The van der Waals surface area contributed by atoms with E-state index in [1.54, 1.807) is 0 Å². The Hall–Kier alpha value is -3.03. The van der Waals surface area contributed by atoms with Crippen LogP contribution in [-0.4, -0.2) is 13.3 Å². The van der Waals surface area contributed by atoms with Gasteiger partial charge < -0.3 is 0 Å². The molecule has 132 valence electrons. The van der Waals surface area contributed by atoms with Crippen molar-refractivity contribution >= 4 is 15.7 Å². The fourth-order valence-electron chi connectivity index (χ4n) is 2.61. The van der Waals surface area contributed by atoms with Gasteiger partial charge in [-0.2, -0.15) is 4.72 Å². The summed E-state index contributed by atoms with van der Waals surface area (Å²) in [6.45, 7) is 0. The number of nitro groups is 1. The highest BCUT2D eigenvalue weighted by Crippen LogP contribution is 2.25. The summed E-state index contributed by atoms with van der Waals surface area (Å²) in [5.41, 5.74) is 1.27. The zero-order chi connectivity index (χ0) is 18.6. The molecule has 3 aromatic carbocycles. The molecule has 0 saturated carbocycles. The molecule has 0 atom stereocenters. The number of benzene rings is 3. The van der Waals surface area contributed by atoms with E-state index in [1.165, 1.54) is 18.2 Å². The summed E-state index contributed by atoms with van der Waals surface area (Å²) in [5, 5.41) is 10.9. The topological polar surface area (TPSA) is 89.3 Å². The third-order valence-corrected chi connectivity index (χ3v) is 5.30. The Morgan fingerprint density at radius 2 is 1.35 bits per heavy atom. The first kappa shape index (κ1) is 17.8. The van der Waals surface area contributed by atoms with Crippen molar-refractivity contribution in [3.8, 4) is 0 Å². The average molecular weight is 368 g/mol. The van der Waals surface area contributed by atoms with E-state index in [2.05, 4.69) is 4.72 Å². The smallest absolute Gasteiger partial charge is 0.258 e. The van der Waals surface area contributed by atoms with Crippen LogP contribution in [-0.2, 0) is 10.0 Å². The summed E-state index contributed by atoms with van der Waals surface area (Å²) in [7, 11) is -3.97. The van der Waals surface area contributed by atoms with E-state index in [-0.39, 0.29) is 10.6 Å². The summed E-state index contributed by atoms with van der Waals surface area (Å²) in [6, 6.07) is 22.7. The molecule has 0 aromatic heterocycles. The minimum absolute atomic E-state index is 0.149. The molecule has 6 nitrogen and oxygen atoms in total. The van der Waals surface area contributed by atoms with Gasteiger partial charge in [0.25, 0.3) is 5.69 Å². The third kappa shape index (κ3) is 3.96. The minimum atomic E-state index is -3.97. The molecule has 0 aliphatic heterocycles. The second-order valence-corrected chi connectivity index (χ2v) is 7.34. The monoisotopic (exact) mass is 368 g/mol. The number of hydrogen-bond acceptors (Lipinski definition) is 4. The predicted molar refractivity (Wildman–Crippen MR) is 98.1 cm³/mol. The lowest BCUT2D eigenvalue weighted by atomic mass is 10.00. The summed E-state index contributed by atoms with van der Waals surface area (Å²) in [5.74, 6) is 0. The molecule has 0 radical (unpaired) electrons. The van der Waals surface area contributed by atoms with Gasteiger partial charge in [0.15, 0.2) is 0 Å². The van der Waals surface area contributed by atoms with Crippen molar-refractivity contribution in [1.82, 2.24) is 4.72 Å². The largest absolute Gasteiger partial charge is 0.270 e. The Balaban J connectivity index is 2.01. The van der Waals surface area contributed by atoms with Gasteiger partial charge in [-0.25, -0.2) is 8.42 Å². The van der Waals surface area contributed by atoms with Crippen LogP contribution in [0.5, 0.6) is 0 Å². The Labute approximate surface area is 151 Å². The summed E-state index contributed by atoms with van der Waals surface area (Å²) in [6.07, 6.45) is 0. The first-order valence-electron chi connectivity index (χ1n) is 7.84. The molecule has 3 rings (SSSR count). The van der Waals surface area contributed by atoms with Crippen LogP contribution in [0.2, 0.25) is 0 Å². The van der Waals surface area contributed by atoms with E-state index in [9.17, 15) is 18.5 Å². The molecule has 0 bridgehead atoms. The molecule has 0 heterocycles. The van der Waals surface area contributed by atoms with Gasteiger partial charge in [-0.15, -0.1) is 0 Å². The first-order chi connectivity index (χ1) is 12.5. The zero-order valence-electron chi connectivity index (χ0n) is 13.6. The Morgan fingerprint density at radius 3 is 1.85 bits per heavy atom. The molecule has 0 fully saturated rings. The second-order valence-electron chi connectivity index (χ2n) is 5.63. The van der Waals surface area contributed by atoms with Gasteiger partial charge in [0.05, 0.1) is 15.9 Å². The SMILES string of the molecule is O=[N+]([O-])c1cccc(S(=O)(=O)NC(c2ccccc2)c2ccccc2)c1. The lowest BCUT2D eigenvalue weighted by molar-refractivity contribution is -0.385. The summed E-state index contributed by atoms with van der Waals surface area (Å²) in [4.78, 5) is 10.2. The maximum absolute atomic E-state index is 12.8. The van der Waals surface area contributed by atoms with E-state index in [0.29, 0.717) is 0 Å². The molecule has 0 unspecified atom stereocenters. The molecule has 0 saturated heterocycles. The normalized spacial score (nSPS) is 11.4. The number of non-ortho nitro benzene ring substituents is 1. The van der Waals surface area contributed by atoms with E-state index < -0.39 is 21.0 Å². The van der Waals surface area contributed by atoms with E-state index >= 15 is 0 Å². The molecule has 26 heavy (non-hydrogen) atoms. The van der Waals surface area contributed by atoms with Crippen LogP contribution in [0.3, 0.4) is 0 Å². The van der Waals surface area contributed by atoms with Crippen LogP contribution in [0.4, 0.5) is 5.69 Å². The standard InChI is InChI=1S/C19H16N2O4S/c22-21(23)17-12-7-13-18(14-17)26(24,25)20-19(15-8-3-1-4-9-15)16-10-5-2-6-11-16/h1-14,19-20H. The van der Waals surface area contributed by atoms with Crippen LogP contribution >= 0.6 is 0 Å². The highest BCUT2D eigenvalue weighted by Gasteiger charge is 2.24. The van der Waals surface area contributed by atoms with Gasteiger partial charge in [0.1, 0.15) is 0 Å². The molecule has 0 spiro atoms. The first-order valence-corrected chi connectivity index (χ1v) is 9.32. The predicted octanol–water partition coefficient (Wildman–Crippen LogP) is 3.66. The van der Waals surface area contributed by atoms with Gasteiger partial charge in [-0.1, -0.05) is 66.7 Å². The van der Waals surface area contributed by atoms with Crippen LogP contribution in [0.15, 0.2) is 89.8 Å². The van der Waals surface area contributed by atoms with Crippen LogP contribution in [0.1, 0.15) is 17.2 Å². The number of hydrogen-bond donors (Lipinski definition) is 1. The summed E-state index contributed by atoms with van der Waals surface area (Å²) < 4.78 is 28.3. The van der Waals surface area contributed by atoms with Gasteiger partial charge in [0.2, 0.25) is 10.0 Å². The number of rotatable bonds is 6. The number of nitrogens with one attached hydrogen (secondary N) is 1. The quantitative estimate of drug-likeness (QED) is 0.531. The molecule has 1 N–H and O–H groups in total. The average Bonchev–Trinajstić information content (AvgIpc) is 2.67. The molecule has 0 aliphatic rings. The molecular formula is C19H16N2O4S. The molecule has 0 aliphatic carbocycles. The van der Waals surface area contributed by atoms with Crippen molar-refractivity contribution in [3.05, 3.63) is 106 Å². The van der Waals surface area contributed by atoms with Crippen molar-refractivity contribution < 1.29 is 13.3 Å². The van der Waals surface area contributed by atoms with E-state index in [0.717, 1.165) is 17.2 Å². The summed E-state index contributed by atoms with van der Waals surface area (Å²) >= 11 is 0. The van der Waals surface area contributed by atoms with Crippen molar-refractivity contribution in [1.29, 1.82) is 0 Å². The molecular weight excluding hydrogens is 352 g/mol. The van der Waals surface area contributed by atoms with Crippen molar-refractivity contribution in [2.45, 2.75) is 10.9 Å². The minimum Gasteiger partial charge on any atom is -0.258 e. The second kappa shape index (κ2) is 7.47. The molecule has 7 heteroatoms. The van der Waals surface area contributed by atoms with Crippen molar-refractivity contribution in [2.75, 3.05) is 0 Å². The van der Waals surface area contributed by atoms with Crippen LogP contribution in [0.25, 0.3) is 0 Å². The lowest BCUT2D eigenvalue weighted by Crippen LogP contribution is -2.29. The van der Waals surface area contributed by atoms with Gasteiger partial charge in [-0.05, 0) is 17.2 Å². The fourth-order valence-corrected chi connectivity index (χ4v) is 3.86. The van der Waals surface area contributed by atoms with E-state index in [1.807, 2.05) is 60.7 Å². The van der Waals surface area contributed by atoms with Crippen LogP contribution < -0.4 is 4.72 Å². The number of nitrogens with zero attached hydrogens (tertiary/aromatic N) is 1. The van der Waals surface area contributed by atoms with Crippen molar-refractivity contribution in [3.63, 3.8) is 0 Å². The number of sulfonamides is 1. The fraction of sp³-hybridized carbons (Fsp3) is 0.0526. The highest BCUT2D eigenvalue weighted by molar-refractivity contribution is 7.89. The van der Waals surface area contributed by atoms with Crippen LogP contribution in [0, 0.1) is 10.1 Å². The Morgan fingerprint density at radius 1 is 0.808 bits per heavy atom. The molecule has 0 amide bonds. The lowest BCUT2D eigenvalue weighted by Gasteiger charge is -2.20. The van der Waals surface area contributed by atoms with Gasteiger partial charge >= 0.3 is 0 Å². The number of nitro benzene ring substituents is 1. The molecule has 3 aromatic rings. The van der Waals surface area contributed by atoms with E-state index in [4.69, 9.17) is 0 Å². The Kier molecular flexibility index (Phi) is 5.11. The maximum atomic E-state index is 12.8. The van der Waals surface area contributed by atoms with Gasteiger partial charge in [-0.3, -0.25) is 10.1 Å². The Bertz CT molecular complexity index is 966. The van der Waals surface area contributed by atoms with Gasteiger partial charge in [0, 0.05) is 12.1 Å².